The third-order valence-corrected chi connectivity index (χ3v) is 3.10. The number of rotatable bonds is 4. The summed E-state index contributed by atoms with van der Waals surface area (Å²) in [5.41, 5.74) is 7.49. The molecule has 0 aromatic carbocycles. The van der Waals surface area contributed by atoms with Gasteiger partial charge in [0.05, 0.1) is 12.1 Å². The number of hydrazine groups is 1. The zero-order chi connectivity index (χ0) is 12.1. The Labute approximate surface area is 95.3 Å². The van der Waals surface area contributed by atoms with Crippen LogP contribution in [-0.2, 0) is 9.59 Å². The highest BCUT2D eigenvalue weighted by atomic mass is 16.2. The van der Waals surface area contributed by atoms with Gasteiger partial charge < -0.3 is 5.73 Å². The van der Waals surface area contributed by atoms with Crippen LogP contribution in [0.1, 0.15) is 32.6 Å². The van der Waals surface area contributed by atoms with Crippen LogP contribution in [0.15, 0.2) is 0 Å². The van der Waals surface area contributed by atoms with Crippen LogP contribution in [0.3, 0.4) is 0 Å². The fourth-order valence-electron chi connectivity index (χ4n) is 2.30. The number of carbonyl (C=O) groups excluding carboxylic acids is 2. The normalized spacial score (nSPS) is 23.8. The molecule has 1 fully saturated rings. The highest BCUT2D eigenvalue weighted by molar-refractivity contribution is 5.84. The lowest BCUT2D eigenvalue weighted by Crippen LogP contribution is -2.57. The molecule has 1 heterocycles. The summed E-state index contributed by atoms with van der Waals surface area (Å²) in [5.74, 6) is 4.52. The second-order valence-electron chi connectivity index (χ2n) is 4.08. The molecule has 0 aromatic rings. The molecule has 6 nitrogen and oxygen atoms in total. The Kier molecular flexibility index (Phi) is 4.70. The van der Waals surface area contributed by atoms with Gasteiger partial charge in [-0.15, -0.1) is 0 Å². The molecule has 0 aromatic heterocycles. The number of piperidine rings is 1. The molecule has 0 radical (unpaired) electrons. The first-order valence-corrected chi connectivity index (χ1v) is 5.67. The van der Waals surface area contributed by atoms with E-state index in [1.165, 1.54) is 0 Å². The van der Waals surface area contributed by atoms with Crippen molar-refractivity contribution in [3.05, 3.63) is 0 Å². The monoisotopic (exact) mass is 228 g/mol. The number of nitrogens with one attached hydrogen (secondary N) is 1. The van der Waals surface area contributed by atoms with E-state index < -0.39 is 0 Å². The summed E-state index contributed by atoms with van der Waals surface area (Å²) in [4.78, 5) is 24.8. The zero-order valence-electron chi connectivity index (χ0n) is 9.61. The molecular weight excluding hydrogens is 208 g/mol. The predicted octanol–water partition coefficient (Wildman–Crippen LogP) is -0.905. The van der Waals surface area contributed by atoms with Crippen LogP contribution in [0, 0.1) is 0 Å². The Morgan fingerprint density at radius 2 is 2.19 bits per heavy atom. The smallest absolute Gasteiger partial charge is 0.251 e. The number of hydrogen-bond donors (Lipinski definition) is 3. The van der Waals surface area contributed by atoms with E-state index >= 15 is 0 Å². The largest absolute Gasteiger partial charge is 0.368 e. The minimum absolute atomic E-state index is 0.254. The third-order valence-electron chi connectivity index (χ3n) is 3.10. The first-order valence-electron chi connectivity index (χ1n) is 5.67. The van der Waals surface area contributed by atoms with Gasteiger partial charge in [0.25, 0.3) is 5.91 Å². The molecule has 1 saturated heterocycles. The Balaban J connectivity index is 2.79. The Hall–Kier alpha value is -1.14. The fourth-order valence-corrected chi connectivity index (χ4v) is 2.30. The summed E-state index contributed by atoms with van der Waals surface area (Å²) in [6.07, 6.45) is 3.30. The van der Waals surface area contributed by atoms with E-state index in [-0.39, 0.29) is 23.9 Å². The maximum Gasteiger partial charge on any atom is 0.251 e. The molecule has 0 saturated carbocycles. The minimum Gasteiger partial charge on any atom is -0.368 e. The first kappa shape index (κ1) is 12.9. The van der Waals surface area contributed by atoms with Crippen LogP contribution in [0.5, 0.6) is 0 Å². The van der Waals surface area contributed by atoms with E-state index in [0.717, 1.165) is 25.8 Å². The van der Waals surface area contributed by atoms with Crippen LogP contribution in [0.25, 0.3) is 0 Å². The summed E-state index contributed by atoms with van der Waals surface area (Å²) in [6, 6.07) is -0.696. The van der Waals surface area contributed by atoms with Gasteiger partial charge >= 0.3 is 0 Å². The van der Waals surface area contributed by atoms with Crippen molar-refractivity contribution in [2.24, 2.45) is 11.6 Å². The van der Waals surface area contributed by atoms with Crippen LogP contribution >= 0.6 is 0 Å². The van der Waals surface area contributed by atoms with E-state index in [0.29, 0.717) is 6.42 Å². The lowest BCUT2D eigenvalue weighted by Gasteiger charge is -2.38. The molecule has 1 rings (SSSR count). The van der Waals surface area contributed by atoms with Gasteiger partial charge in [-0.1, -0.05) is 13.3 Å². The number of carbonyl (C=O) groups is 2. The summed E-state index contributed by atoms with van der Waals surface area (Å²) < 4.78 is 0. The van der Waals surface area contributed by atoms with Gasteiger partial charge in [-0.2, -0.15) is 0 Å². The zero-order valence-corrected chi connectivity index (χ0v) is 9.61. The minimum atomic E-state index is -0.359. The summed E-state index contributed by atoms with van der Waals surface area (Å²) in [7, 11) is 0. The standard InChI is InChI=1S/C10H20N4O2/c1-2-7(10(16)13-12)14-6-4-3-5-8(14)9(11)15/h7-8H,2-6,12H2,1H3,(H2,11,15)(H,13,16). The van der Waals surface area contributed by atoms with Crippen molar-refractivity contribution in [1.82, 2.24) is 10.3 Å². The highest BCUT2D eigenvalue weighted by Crippen LogP contribution is 2.20. The summed E-state index contributed by atoms with van der Waals surface area (Å²) in [6.45, 7) is 2.62. The third kappa shape index (κ3) is 2.70. The molecule has 1 aliphatic heterocycles. The maximum atomic E-state index is 11.6. The number of nitrogens with zero attached hydrogens (tertiary/aromatic N) is 1. The molecule has 1 aliphatic rings. The quantitative estimate of drug-likeness (QED) is 0.329. The van der Waals surface area contributed by atoms with Crippen molar-refractivity contribution >= 4 is 11.8 Å². The lowest BCUT2D eigenvalue weighted by molar-refractivity contribution is -0.132. The average Bonchev–Trinajstić information content (AvgIpc) is 2.30. The molecule has 2 amide bonds. The van der Waals surface area contributed by atoms with E-state index in [1.54, 1.807) is 0 Å². The van der Waals surface area contributed by atoms with Gasteiger partial charge in [0.15, 0.2) is 0 Å². The molecule has 5 N–H and O–H groups in total. The van der Waals surface area contributed by atoms with Crippen molar-refractivity contribution in [3.8, 4) is 0 Å². The van der Waals surface area contributed by atoms with Crippen molar-refractivity contribution < 1.29 is 9.59 Å². The molecule has 0 bridgehead atoms. The van der Waals surface area contributed by atoms with Crippen molar-refractivity contribution in [2.75, 3.05) is 6.54 Å². The molecular formula is C10H20N4O2. The maximum absolute atomic E-state index is 11.6. The van der Waals surface area contributed by atoms with Crippen LogP contribution in [0.4, 0.5) is 0 Å². The molecule has 0 aliphatic carbocycles. The van der Waals surface area contributed by atoms with E-state index in [1.807, 2.05) is 11.8 Å². The predicted molar refractivity (Wildman–Crippen MR) is 59.9 cm³/mol. The van der Waals surface area contributed by atoms with Gasteiger partial charge in [-0.05, 0) is 25.8 Å². The number of likely N-dealkylation sites (tertiary alicyclic amines) is 1. The van der Waals surface area contributed by atoms with Crippen LogP contribution in [-0.4, -0.2) is 35.3 Å². The second kappa shape index (κ2) is 5.81. The SMILES string of the molecule is CCC(C(=O)NN)N1CCCCC1C(N)=O. The molecule has 2 atom stereocenters. The Morgan fingerprint density at radius 3 is 2.69 bits per heavy atom. The summed E-state index contributed by atoms with van der Waals surface area (Å²) >= 11 is 0. The average molecular weight is 228 g/mol. The van der Waals surface area contributed by atoms with Gasteiger partial charge in [0, 0.05) is 0 Å². The van der Waals surface area contributed by atoms with Crippen LogP contribution in [0.2, 0.25) is 0 Å². The molecule has 0 spiro atoms. The number of amides is 2. The number of primary amides is 1. The highest BCUT2D eigenvalue weighted by Gasteiger charge is 2.34. The molecule has 92 valence electrons. The van der Waals surface area contributed by atoms with Crippen LogP contribution < -0.4 is 17.0 Å². The van der Waals surface area contributed by atoms with Gasteiger partial charge in [-0.25, -0.2) is 5.84 Å². The Bertz CT molecular complexity index is 270. The van der Waals surface area contributed by atoms with Gasteiger partial charge in [0.1, 0.15) is 0 Å². The van der Waals surface area contributed by atoms with E-state index in [9.17, 15) is 9.59 Å². The number of nitrogens with two attached hydrogens (primary N) is 2. The first-order chi connectivity index (χ1) is 7.61. The molecule has 6 heteroatoms. The topological polar surface area (TPSA) is 101 Å². The molecule has 16 heavy (non-hydrogen) atoms. The van der Waals surface area contributed by atoms with E-state index in [2.05, 4.69) is 5.43 Å². The Morgan fingerprint density at radius 1 is 1.50 bits per heavy atom. The van der Waals surface area contributed by atoms with Gasteiger partial charge in [-0.3, -0.25) is 19.9 Å². The second-order valence-corrected chi connectivity index (χ2v) is 4.08. The van der Waals surface area contributed by atoms with Crippen molar-refractivity contribution in [3.63, 3.8) is 0 Å². The van der Waals surface area contributed by atoms with E-state index in [4.69, 9.17) is 11.6 Å². The molecule has 2 unspecified atom stereocenters. The lowest BCUT2D eigenvalue weighted by atomic mass is 9.98. The van der Waals surface area contributed by atoms with Crippen molar-refractivity contribution in [1.29, 1.82) is 0 Å². The number of hydrogen-bond acceptors (Lipinski definition) is 4. The van der Waals surface area contributed by atoms with Gasteiger partial charge in [0.2, 0.25) is 5.91 Å². The van der Waals surface area contributed by atoms with Crippen molar-refractivity contribution in [2.45, 2.75) is 44.7 Å². The summed E-state index contributed by atoms with van der Waals surface area (Å²) in [5, 5.41) is 0. The fraction of sp³-hybridized carbons (Fsp3) is 0.800.